The first kappa shape index (κ1) is 59.1. The van der Waals surface area contributed by atoms with E-state index in [9.17, 15) is 14.4 Å². The minimum absolute atomic E-state index is 0.0788. The third kappa shape index (κ3) is 48.1. The molecule has 6 nitrogen and oxygen atoms in total. The van der Waals surface area contributed by atoms with Gasteiger partial charge in [0.1, 0.15) is 13.2 Å². The summed E-state index contributed by atoms with van der Waals surface area (Å²) in [4.78, 5) is 37.7. The number of ether oxygens (including phenoxy) is 3. The van der Waals surface area contributed by atoms with Gasteiger partial charge in [-0.05, 0) is 83.5 Å². The van der Waals surface area contributed by atoms with Crippen LogP contribution >= 0.6 is 0 Å². The van der Waals surface area contributed by atoms with Gasteiger partial charge in [-0.2, -0.15) is 0 Å². The molecule has 0 aromatic rings. The predicted molar refractivity (Wildman–Crippen MR) is 265 cm³/mol. The molecule has 0 bridgehead atoms. The summed E-state index contributed by atoms with van der Waals surface area (Å²) in [7, 11) is 0. The molecule has 0 saturated heterocycles. The van der Waals surface area contributed by atoms with E-state index in [4.69, 9.17) is 14.2 Å². The molecule has 0 aliphatic rings. The maximum atomic E-state index is 12.7. The van der Waals surface area contributed by atoms with Crippen molar-refractivity contribution in [2.75, 3.05) is 13.2 Å². The lowest BCUT2D eigenvalue weighted by Gasteiger charge is -2.18. The molecule has 0 aliphatic heterocycles. The number of carbonyl (C=O) groups is 3. The van der Waals surface area contributed by atoms with Crippen LogP contribution in [-0.4, -0.2) is 37.2 Å². The molecule has 0 N–H and O–H groups in total. The zero-order valence-electron chi connectivity index (χ0n) is 40.9. The van der Waals surface area contributed by atoms with Gasteiger partial charge in [-0.25, -0.2) is 0 Å². The Morgan fingerprint density at radius 3 is 1.00 bits per heavy atom. The molecule has 0 heterocycles. The van der Waals surface area contributed by atoms with E-state index in [1.54, 1.807) is 0 Å². The topological polar surface area (TPSA) is 78.9 Å². The van der Waals surface area contributed by atoms with E-state index in [0.717, 1.165) is 96.3 Å². The van der Waals surface area contributed by atoms with Crippen LogP contribution in [0.5, 0.6) is 0 Å². The van der Waals surface area contributed by atoms with Crippen LogP contribution in [0.15, 0.2) is 60.8 Å². The molecule has 1 unspecified atom stereocenters. The van der Waals surface area contributed by atoms with Crippen molar-refractivity contribution in [1.29, 1.82) is 0 Å². The largest absolute Gasteiger partial charge is 0.462 e. The number of rotatable bonds is 47. The van der Waals surface area contributed by atoms with Gasteiger partial charge in [-0.1, -0.05) is 216 Å². The molecule has 0 radical (unpaired) electrons. The molecule has 0 amide bonds. The Balaban J connectivity index is 4.13. The lowest BCUT2D eigenvalue weighted by Crippen LogP contribution is -2.30. The smallest absolute Gasteiger partial charge is 0.306 e. The van der Waals surface area contributed by atoms with Gasteiger partial charge in [0.25, 0.3) is 0 Å². The van der Waals surface area contributed by atoms with Crippen LogP contribution in [0.2, 0.25) is 0 Å². The molecule has 0 saturated carbocycles. The third-order valence-corrected chi connectivity index (χ3v) is 11.3. The van der Waals surface area contributed by atoms with Gasteiger partial charge >= 0.3 is 17.9 Å². The first-order valence-corrected chi connectivity index (χ1v) is 26.3. The van der Waals surface area contributed by atoms with E-state index in [0.29, 0.717) is 19.3 Å². The summed E-state index contributed by atoms with van der Waals surface area (Å²) in [5, 5.41) is 0. The second-order valence-corrected chi connectivity index (χ2v) is 17.4. The highest BCUT2D eigenvalue weighted by atomic mass is 16.6. The van der Waals surface area contributed by atoms with E-state index < -0.39 is 6.10 Å². The molecule has 0 aromatic heterocycles. The fourth-order valence-corrected chi connectivity index (χ4v) is 7.31. The Hall–Kier alpha value is -2.89. The molecule has 0 spiro atoms. The Bertz CT molecular complexity index is 1130. The average molecular weight is 867 g/mol. The lowest BCUT2D eigenvalue weighted by atomic mass is 10.1. The van der Waals surface area contributed by atoms with E-state index in [2.05, 4.69) is 81.5 Å². The number of esters is 3. The summed E-state index contributed by atoms with van der Waals surface area (Å²) in [6.45, 7) is 6.44. The van der Waals surface area contributed by atoms with Gasteiger partial charge in [-0.3, -0.25) is 14.4 Å². The van der Waals surface area contributed by atoms with E-state index >= 15 is 0 Å². The number of hydrogen-bond donors (Lipinski definition) is 0. The lowest BCUT2D eigenvalue weighted by molar-refractivity contribution is -0.167. The monoisotopic (exact) mass is 867 g/mol. The molecule has 0 rings (SSSR count). The molecule has 6 heteroatoms. The first-order valence-electron chi connectivity index (χ1n) is 26.3. The quantitative estimate of drug-likeness (QED) is 0.0262. The Morgan fingerprint density at radius 2 is 0.629 bits per heavy atom. The number of carbonyl (C=O) groups excluding carboxylic acids is 3. The van der Waals surface area contributed by atoms with Crippen molar-refractivity contribution in [2.45, 2.75) is 264 Å². The summed E-state index contributed by atoms with van der Waals surface area (Å²) in [6, 6.07) is 0. The number of unbranched alkanes of at least 4 members (excludes halogenated alkanes) is 26. The Kier molecular flexibility index (Phi) is 48.4. The summed E-state index contributed by atoms with van der Waals surface area (Å²) >= 11 is 0. The minimum atomic E-state index is -0.775. The summed E-state index contributed by atoms with van der Waals surface area (Å²) < 4.78 is 16.7. The molecule has 0 fully saturated rings. The standard InChI is InChI=1S/C56H98O6/c1-4-7-10-13-15-17-19-21-23-25-26-27-28-29-30-31-33-34-36-38-40-43-46-49-55(58)61-52-53(51-60-54(57)48-45-42-12-9-6-3)62-56(59)50-47-44-41-39-37-35-32-24-22-20-18-16-14-11-8-5-2/h7,10,15,17,21,23-24,26-27,32,53H,4-6,8-9,11-14,16,18-20,22,25,28-31,33-52H2,1-3H3/b10-7-,17-15-,23-21-,27-26-,32-24-. The molecule has 358 valence electrons. The number of allylic oxidation sites excluding steroid dienone is 10. The van der Waals surface area contributed by atoms with Crippen LogP contribution in [0.3, 0.4) is 0 Å². The summed E-state index contributed by atoms with van der Waals surface area (Å²) in [5.41, 5.74) is 0. The molecular weight excluding hydrogens is 769 g/mol. The minimum Gasteiger partial charge on any atom is -0.462 e. The van der Waals surface area contributed by atoms with Crippen LogP contribution in [-0.2, 0) is 28.6 Å². The predicted octanol–water partition coefficient (Wildman–Crippen LogP) is 17.3. The van der Waals surface area contributed by atoms with Crippen LogP contribution < -0.4 is 0 Å². The van der Waals surface area contributed by atoms with Gasteiger partial charge in [0.05, 0.1) is 0 Å². The van der Waals surface area contributed by atoms with E-state index in [1.165, 1.54) is 122 Å². The zero-order valence-corrected chi connectivity index (χ0v) is 40.9. The maximum absolute atomic E-state index is 12.7. The zero-order chi connectivity index (χ0) is 45.1. The van der Waals surface area contributed by atoms with Crippen molar-refractivity contribution >= 4 is 17.9 Å². The molecule has 0 aromatic carbocycles. The van der Waals surface area contributed by atoms with Crippen molar-refractivity contribution < 1.29 is 28.6 Å². The number of hydrogen-bond acceptors (Lipinski definition) is 6. The third-order valence-electron chi connectivity index (χ3n) is 11.3. The van der Waals surface area contributed by atoms with Gasteiger partial charge in [0.2, 0.25) is 0 Å². The summed E-state index contributed by atoms with van der Waals surface area (Å²) in [6.07, 6.45) is 62.4. The molecule has 1 atom stereocenters. The Morgan fingerprint density at radius 1 is 0.339 bits per heavy atom. The SMILES string of the molecule is CC/C=C\C/C=C\C/C=C\C/C=C\CCCCCCCCCCCCC(=O)OCC(COC(=O)CCCCCCC)OC(=O)CCCCCCC/C=C\CCCCCCCCC. The fraction of sp³-hybridized carbons (Fsp3) is 0.768. The van der Waals surface area contributed by atoms with E-state index in [-0.39, 0.29) is 31.1 Å². The second-order valence-electron chi connectivity index (χ2n) is 17.4. The van der Waals surface area contributed by atoms with Gasteiger partial charge < -0.3 is 14.2 Å². The maximum Gasteiger partial charge on any atom is 0.306 e. The van der Waals surface area contributed by atoms with Crippen molar-refractivity contribution in [3.05, 3.63) is 60.8 Å². The van der Waals surface area contributed by atoms with Crippen molar-refractivity contribution in [1.82, 2.24) is 0 Å². The summed E-state index contributed by atoms with van der Waals surface area (Å²) in [5.74, 6) is -0.901. The molecular formula is C56H98O6. The van der Waals surface area contributed by atoms with Crippen LogP contribution in [0.25, 0.3) is 0 Å². The second kappa shape index (κ2) is 50.8. The normalized spacial score (nSPS) is 12.5. The van der Waals surface area contributed by atoms with Crippen molar-refractivity contribution in [2.24, 2.45) is 0 Å². The van der Waals surface area contributed by atoms with Gasteiger partial charge in [0, 0.05) is 19.3 Å². The molecule has 62 heavy (non-hydrogen) atoms. The highest BCUT2D eigenvalue weighted by Gasteiger charge is 2.19. The average Bonchev–Trinajstić information content (AvgIpc) is 3.27. The van der Waals surface area contributed by atoms with Crippen molar-refractivity contribution in [3.8, 4) is 0 Å². The Labute approximate surface area is 383 Å². The van der Waals surface area contributed by atoms with E-state index in [1.807, 2.05) is 0 Å². The fourth-order valence-electron chi connectivity index (χ4n) is 7.31. The van der Waals surface area contributed by atoms with Crippen molar-refractivity contribution in [3.63, 3.8) is 0 Å². The van der Waals surface area contributed by atoms with Crippen LogP contribution in [0.1, 0.15) is 258 Å². The molecule has 0 aliphatic carbocycles. The van der Waals surface area contributed by atoms with Crippen LogP contribution in [0, 0.1) is 0 Å². The van der Waals surface area contributed by atoms with Crippen LogP contribution in [0.4, 0.5) is 0 Å². The first-order chi connectivity index (χ1) is 30.5. The highest BCUT2D eigenvalue weighted by Crippen LogP contribution is 2.15. The van der Waals surface area contributed by atoms with Gasteiger partial charge in [-0.15, -0.1) is 0 Å². The van der Waals surface area contributed by atoms with Gasteiger partial charge in [0.15, 0.2) is 6.10 Å². The highest BCUT2D eigenvalue weighted by molar-refractivity contribution is 5.71.